The van der Waals surface area contributed by atoms with E-state index in [1.807, 2.05) is 0 Å². The van der Waals surface area contributed by atoms with Crippen LogP contribution in [0.2, 0.25) is 0 Å². The van der Waals surface area contributed by atoms with Crippen LogP contribution in [-0.4, -0.2) is 43.2 Å². The Labute approximate surface area is 72.4 Å². The molecule has 1 fully saturated rings. The largest absolute Gasteiger partial charge is 0.376 e. The molecule has 68 valence electrons. The summed E-state index contributed by atoms with van der Waals surface area (Å²) in [5, 5.41) is 0. The van der Waals surface area contributed by atoms with E-state index in [0.29, 0.717) is 12.1 Å². The van der Waals surface area contributed by atoms with Crippen LogP contribution in [0, 0.1) is 0 Å². The number of hydrogen-bond acceptors (Lipinski definition) is 4. The zero-order valence-corrected chi connectivity index (χ0v) is 7.20. The van der Waals surface area contributed by atoms with Gasteiger partial charge in [0.25, 0.3) is 0 Å². The van der Waals surface area contributed by atoms with Crippen molar-refractivity contribution < 1.29 is 4.74 Å². The summed E-state index contributed by atoms with van der Waals surface area (Å²) in [7, 11) is 0. The van der Waals surface area contributed by atoms with Gasteiger partial charge in [-0.25, -0.2) is 0 Å². The average Bonchev–Trinajstić information content (AvgIpc) is 2.65. The number of nitrogens with two attached hydrogens (primary N) is 1. The zero-order chi connectivity index (χ0) is 8.39. The molecule has 0 spiro atoms. The van der Waals surface area contributed by atoms with Crippen molar-refractivity contribution in [3.63, 3.8) is 0 Å². The zero-order valence-electron chi connectivity index (χ0n) is 7.20. The lowest BCUT2D eigenvalue weighted by Crippen LogP contribution is -2.39. The fourth-order valence-electron chi connectivity index (χ4n) is 1.72. The number of ether oxygens (including phenoxy) is 1. The normalized spacial score (nSPS) is 29.5. The molecule has 2 aliphatic heterocycles. The average molecular weight is 169 g/mol. The van der Waals surface area contributed by atoms with Gasteiger partial charge in [0.2, 0.25) is 0 Å². The molecule has 0 bridgehead atoms. The van der Waals surface area contributed by atoms with Crippen LogP contribution in [0.15, 0.2) is 4.99 Å². The summed E-state index contributed by atoms with van der Waals surface area (Å²) in [6.45, 7) is 3.65. The minimum atomic E-state index is 0.386. The van der Waals surface area contributed by atoms with Crippen LogP contribution >= 0.6 is 0 Å². The lowest BCUT2D eigenvalue weighted by molar-refractivity contribution is 0.0932. The highest BCUT2D eigenvalue weighted by Gasteiger charge is 2.21. The van der Waals surface area contributed by atoms with E-state index in [-0.39, 0.29) is 0 Å². The van der Waals surface area contributed by atoms with Gasteiger partial charge in [0.05, 0.1) is 12.6 Å². The second kappa shape index (κ2) is 3.31. The third-order valence-electron chi connectivity index (χ3n) is 2.42. The Hall–Kier alpha value is -0.770. The number of guanidine groups is 1. The van der Waals surface area contributed by atoms with Crippen molar-refractivity contribution in [1.29, 1.82) is 0 Å². The molecule has 0 aromatic carbocycles. The topological polar surface area (TPSA) is 50.8 Å². The predicted molar refractivity (Wildman–Crippen MR) is 47.0 cm³/mol. The van der Waals surface area contributed by atoms with Crippen LogP contribution in [0.25, 0.3) is 0 Å². The van der Waals surface area contributed by atoms with Gasteiger partial charge in [-0.3, -0.25) is 4.99 Å². The third-order valence-corrected chi connectivity index (χ3v) is 2.42. The van der Waals surface area contributed by atoms with Gasteiger partial charge in [0.15, 0.2) is 5.96 Å². The molecule has 4 heteroatoms. The molecule has 2 N–H and O–H groups in total. The van der Waals surface area contributed by atoms with Gasteiger partial charge in [-0.05, 0) is 12.8 Å². The van der Waals surface area contributed by atoms with Crippen LogP contribution < -0.4 is 5.73 Å². The predicted octanol–water partition coefficient (Wildman–Crippen LogP) is -0.204. The van der Waals surface area contributed by atoms with Crippen molar-refractivity contribution in [2.24, 2.45) is 10.7 Å². The first-order chi connectivity index (χ1) is 5.86. The minimum Gasteiger partial charge on any atom is -0.376 e. The van der Waals surface area contributed by atoms with Crippen molar-refractivity contribution >= 4 is 5.96 Å². The Bertz CT molecular complexity index is 187. The Morgan fingerprint density at radius 2 is 2.58 bits per heavy atom. The molecule has 2 heterocycles. The molecule has 4 nitrogen and oxygen atoms in total. The minimum absolute atomic E-state index is 0.386. The summed E-state index contributed by atoms with van der Waals surface area (Å²) in [6, 6.07) is 0. The first kappa shape index (κ1) is 7.86. The molecule has 0 aromatic rings. The Balaban J connectivity index is 1.82. The summed E-state index contributed by atoms with van der Waals surface area (Å²) in [5.41, 5.74) is 5.68. The summed E-state index contributed by atoms with van der Waals surface area (Å²) in [6.07, 6.45) is 2.75. The van der Waals surface area contributed by atoms with Gasteiger partial charge in [-0.2, -0.15) is 0 Å². The molecule has 1 saturated heterocycles. The highest BCUT2D eigenvalue weighted by molar-refractivity contribution is 5.79. The second-order valence-electron chi connectivity index (χ2n) is 3.32. The van der Waals surface area contributed by atoms with E-state index in [0.717, 1.165) is 26.2 Å². The molecule has 0 saturated carbocycles. The number of hydrogen-bond donors (Lipinski definition) is 1. The number of aliphatic imine (C=N–C) groups is 1. The van der Waals surface area contributed by atoms with Gasteiger partial charge in [-0.15, -0.1) is 0 Å². The molecule has 0 aromatic heterocycles. The van der Waals surface area contributed by atoms with E-state index < -0.39 is 0 Å². The van der Waals surface area contributed by atoms with Gasteiger partial charge in [0, 0.05) is 19.7 Å². The second-order valence-corrected chi connectivity index (χ2v) is 3.32. The number of rotatable bonds is 2. The molecule has 0 amide bonds. The van der Waals surface area contributed by atoms with E-state index in [2.05, 4.69) is 9.89 Å². The lowest BCUT2D eigenvalue weighted by Gasteiger charge is -2.20. The van der Waals surface area contributed by atoms with Crippen LogP contribution in [0.5, 0.6) is 0 Å². The van der Waals surface area contributed by atoms with Crippen LogP contribution in [0.4, 0.5) is 0 Å². The number of nitrogens with zero attached hydrogens (tertiary/aromatic N) is 2. The highest BCUT2D eigenvalue weighted by atomic mass is 16.5. The van der Waals surface area contributed by atoms with E-state index in [9.17, 15) is 0 Å². The molecular formula is C8H15N3O. The summed E-state index contributed by atoms with van der Waals surface area (Å²) >= 11 is 0. The molecule has 1 atom stereocenters. The Morgan fingerprint density at radius 3 is 3.17 bits per heavy atom. The molecule has 12 heavy (non-hydrogen) atoms. The van der Waals surface area contributed by atoms with E-state index in [4.69, 9.17) is 10.5 Å². The molecule has 1 unspecified atom stereocenters. The SMILES string of the molecule is NC1=NCCN1CC1CCCO1. The Kier molecular flexibility index (Phi) is 2.17. The highest BCUT2D eigenvalue weighted by Crippen LogP contribution is 2.14. The van der Waals surface area contributed by atoms with Crippen LogP contribution in [-0.2, 0) is 4.74 Å². The van der Waals surface area contributed by atoms with Crippen LogP contribution in [0.1, 0.15) is 12.8 Å². The van der Waals surface area contributed by atoms with Gasteiger partial charge < -0.3 is 15.4 Å². The smallest absolute Gasteiger partial charge is 0.191 e. The monoisotopic (exact) mass is 169 g/mol. The lowest BCUT2D eigenvalue weighted by atomic mass is 10.2. The third kappa shape index (κ3) is 1.53. The first-order valence-electron chi connectivity index (χ1n) is 4.53. The van der Waals surface area contributed by atoms with Crippen molar-refractivity contribution in [2.75, 3.05) is 26.2 Å². The van der Waals surface area contributed by atoms with Gasteiger partial charge >= 0.3 is 0 Å². The fourth-order valence-corrected chi connectivity index (χ4v) is 1.72. The Morgan fingerprint density at radius 1 is 1.67 bits per heavy atom. The van der Waals surface area contributed by atoms with Crippen molar-refractivity contribution in [3.8, 4) is 0 Å². The summed E-state index contributed by atoms with van der Waals surface area (Å²) < 4.78 is 5.51. The van der Waals surface area contributed by atoms with Crippen molar-refractivity contribution in [1.82, 2.24) is 4.90 Å². The maximum absolute atomic E-state index is 5.68. The first-order valence-corrected chi connectivity index (χ1v) is 4.53. The van der Waals surface area contributed by atoms with E-state index in [1.165, 1.54) is 12.8 Å². The molecule has 2 aliphatic rings. The molecule has 0 aliphatic carbocycles. The van der Waals surface area contributed by atoms with E-state index in [1.54, 1.807) is 0 Å². The molecular weight excluding hydrogens is 154 g/mol. The summed E-state index contributed by atoms with van der Waals surface area (Å²) in [4.78, 5) is 6.23. The van der Waals surface area contributed by atoms with Gasteiger partial charge in [-0.1, -0.05) is 0 Å². The molecule has 2 rings (SSSR count). The summed E-state index contributed by atoms with van der Waals surface area (Å²) in [5.74, 6) is 0.686. The molecule has 0 radical (unpaired) electrons. The van der Waals surface area contributed by atoms with Gasteiger partial charge in [0.1, 0.15) is 0 Å². The standard InChI is InChI=1S/C8H15N3O/c9-8-10-3-4-11(8)6-7-2-1-5-12-7/h7H,1-6H2,(H2,9,10). The van der Waals surface area contributed by atoms with Crippen molar-refractivity contribution in [3.05, 3.63) is 0 Å². The van der Waals surface area contributed by atoms with Crippen LogP contribution in [0.3, 0.4) is 0 Å². The maximum Gasteiger partial charge on any atom is 0.191 e. The van der Waals surface area contributed by atoms with Crippen molar-refractivity contribution in [2.45, 2.75) is 18.9 Å². The quantitative estimate of drug-likeness (QED) is 0.622. The maximum atomic E-state index is 5.68. The fraction of sp³-hybridized carbons (Fsp3) is 0.875. The van der Waals surface area contributed by atoms with E-state index >= 15 is 0 Å².